The number of aliphatic hydroxyl groups is 2. The van der Waals surface area contributed by atoms with Gasteiger partial charge >= 0.3 is 0 Å². The molecule has 2 N–H and O–H groups in total. The minimum atomic E-state index is -2.23. The van der Waals surface area contributed by atoms with Gasteiger partial charge in [-0.3, -0.25) is 14.4 Å². The predicted molar refractivity (Wildman–Crippen MR) is 95.9 cm³/mol. The smallest absolute Gasteiger partial charge is 0.185 e. The van der Waals surface area contributed by atoms with Crippen molar-refractivity contribution in [3.8, 4) is 0 Å². The highest BCUT2D eigenvalue weighted by Crippen LogP contribution is 2.41. The van der Waals surface area contributed by atoms with Gasteiger partial charge in [0, 0.05) is 5.92 Å². The third kappa shape index (κ3) is 4.33. The van der Waals surface area contributed by atoms with Gasteiger partial charge in [-0.15, -0.1) is 0 Å². The molecular formula is C20H30O5. The van der Waals surface area contributed by atoms with E-state index in [-0.39, 0.29) is 12.8 Å². The average Bonchev–Trinajstić information content (AvgIpc) is 2.69. The first-order valence-electron chi connectivity index (χ1n) is 8.73. The Morgan fingerprint density at radius 2 is 1.64 bits per heavy atom. The van der Waals surface area contributed by atoms with Gasteiger partial charge in [-0.25, -0.2) is 0 Å². The fourth-order valence-corrected chi connectivity index (χ4v) is 3.13. The van der Waals surface area contributed by atoms with E-state index in [4.69, 9.17) is 0 Å². The van der Waals surface area contributed by atoms with Gasteiger partial charge < -0.3 is 10.2 Å². The van der Waals surface area contributed by atoms with Crippen LogP contribution >= 0.6 is 0 Å². The average molecular weight is 350 g/mol. The molecule has 0 bridgehead atoms. The van der Waals surface area contributed by atoms with E-state index < -0.39 is 46.8 Å². The van der Waals surface area contributed by atoms with Crippen molar-refractivity contribution in [3.63, 3.8) is 0 Å². The van der Waals surface area contributed by atoms with Crippen molar-refractivity contribution in [1.82, 2.24) is 0 Å². The summed E-state index contributed by atoms with van der Waals surface area (Å²) >= 11 is 0. The van der Waals surface area contributed by atoms with Crippen LogP contribution in [0.25, 0.3) is 0 Å². The molecule has 0 aliphatic heterocycles. The lowest BCUT2D eigenvalue weighted by Gasteiger charge is -2.31. The topological polar surface area (TPSA) is 91.7 Å². The molecule has 0 amide bonds. The third-order valence-electron chi connectivity index (χ3n) is 4.69. The zero-order valence-electron chi connectivity index (χ0n) is 16.0. The number of carbonyl (C=O) groups is 3. The predicted octanol–water partition coefficient (Wildman–Crippen LogP) is 2.40. The van der Waals surface area contributed by atoms with Crippen molar-refractivity contribution in [2.45, 2.75) is 66.1 Å². The summed E-state index contributed by atoms with van der Waals surface area (Å²) in [6.07, 6.45) is 2.19. The zero-order valence-corrected chi connectivity index (χ0v) is 16.0. The molecule has 0 aromatic carbocycles. The van der Waals surface area contributed by atoms with E-state index in [2.05, 4.69) is 0 Å². The number of ketones is 3. The minimum Gasteiger partial charge on any atom is -0.389 e. The molecule has 0 aromatic rings. The molecule has 4 atom stereocenters. The Morgan fingerprint density at radius 1 is 1.12 bits per heavy atom. The van der Waals surface area contributed by atoms with Crippen LogP contribution in [0.1, 0.15) is 54.4 Å². The number of Topliss-reactive ketones (excluding diaryl/α,β-unsaturated/α-hetero) is 3. The van der Waals surface area contributed by atoms with Crippen LogP contribution in [0.5, 0.6) is 0 Å². The molecule has 0 spiro atoms. The van der Waals surface area contributed by atoms with E-state index in [1.165, 1.54) is 0 Å². The van der Waals surface area contributed by atoms with Crippen molar-refractivity contribution >= 4 is 17.3 Å². The molecule has 1 rings (SSSR count). The molecule has 0 saturated heterocycles. The van der Waals surface area contributed by atoms with Crippen LogP contribution in [0.3, 0.4) is 0 Å². The first-order chi connectivity index (χ1) is 11.4. The van der Waals surface area contributed by atoms with Crippen LogP contribution in [-0.4, -0.2) is 39.3 Å². The molecule has 140 valence electrons. The summed E-state index contributed by atoms with van der Waals surface area (Å²) in [5.41, 5.74) is -0.375. The van der Waals surface area contributed by atoms with Crippen LogP contribution < -0.4 is 0 Å². The van der Waals surface area contributed by atoms with Crippen molar-refractivity contribution in [2.75, 3.05) is 0 Å². The quantitative estimate of drug-likeness (QED) is 0.543. The standard InChI is InChI=1S/C20H30O5/c1-11(2)7-9-14-18(23)16(17(22)13(5)6)19(24)20(14,25)15(21)10-8-12(3)4/h7-8,13-16,21,25H,9-10H2,1-6H3/t14-,15+,16?,20?/m0/s1. The Labute approximate surface area is 149 Å². The Hall–Kier alpha value is -1.59. The molecule has 2 unspecified atom stereocenters. The summed E-state index contributed by atoms with van der Waals surface area (Å²) in [6, 6.07) is 0. The molecule has 0 heterocycles. The summed E-state index contributed by atoms with van der Waals surface area (Å²) in [7, 11) is 0. The van der Waals surface area contributed by atoms with Gasteiger partial charge in [-0.2, -0.15) is 0 Å². The fraction of sp³-hybridized carbons (Fsp3) is 0.650. The Morgan fingerprint density at radius 3 is 2.08 bits per heavy atom. The second-order valence-corrected chi connectivity index (χ2v) is 7.68. The maximum Gasteiger partial charge on any atom is 0.185 e. The summed E-state index contributed by atoms with van der Waals surface area (Å²) in [5.74, 6) is -5.04. The zero-order chi connectivity index (χ0) is 19.5. The Bertz CT molecular complexity index is 606. The Kier molecular flexibility index (Phi) is 7.03. The minimum absolute atomic E-state index is 0.0474. The lowest BCUT2D eigenvalue weighted by molar-refractivity contribution is -0.155. The number of rotatable bonds is 7. The van der Waals surface area contributed by atoms with Crippen molar-refractivity contribution in [1.29, 1.82) is 0 Å². The largest absolute Gasteiger partial charge is 0.389 e. The summed E-state index contributed by atoms with van der Waals surface area (Å²) < 4.78 is 0. The molecule has 0 aromatic heterocycles. The van der Waals surface area contributed by atoms with Crippen molar-refractivity contribution in [3.05, 3.63) is 23.3 Å². The third-order valence-corrected chi connectivity index (χ3v) is 4.69. The normalized spacial score (nSPS) is 27.4. The van der Waals surface area contributed by atoms with E-state index in [0.29, 0.717) is 0 Å². The van der Waals surface area contributed by atoms with Gasteiger partial charge in [0.05, 0.1) is 12.0 Å². The second kappa shape index (κ2) is 8.19. The SMILES string of the molecule is CC(C)=CC[C@@H](O)C1(O)C(=O)C(C(=O)C(C)C)C(=O)[C@@H]1CC=C(C)C. The fourth-order valence-electron chi connectivity index (χ4n) is 3.13. The van der Waals surface area contributed by atoms with Crippen LogP contribution in [0.4, 0.5) is 0 Å². The molecule has 5 heteroatoms. The molecule has 0 radical (unpaired) electrons. The summed E-state index contributed by atoms with van der Waals surface area (Å²) in [4.78, 5) is 38.0. The van der Waals surface area contributed by atoms with Crippen LogP contribution in [0, 0.1) is 17.8 Å². The summed E-state index contributed by atoms with van der Waals surface area (Å²) in [5, 5.41) is 21.6. The van der Waals surface area contributed by atoms with Gasteiger partial charge in [0.25, 0.3) is 0 Å². The monoisotopic (exact) mass is 350 g/mol. The van der Waals surface area contributed by atoms with Gasteiger partial charge in [0.2, 0.25) is 0 Å². The number of aliphatic hydroxyl groups excluding tert-OH is 1. The second-order valence-electron chi connectivity index (χ2n) is 7.68. The van der Waals surface area contributed by atoms with E-state index >= 15 is 0 Å². The molecular weight excluding hydrogens is 320 g/mol. The summed E-state index contributed by atoms with van der Waals surface area (Å²) in [6.45, 7) is 10.6. The number of carbonyl (C=O) groups excluding carboxylic acids is 3. The van der Waals surface area contributed by atoms with Crippen molar-refractivity contribution in [2.24, 2.45) is 17.8 Å². The highest BCUT2D eigenvalue weighted by atomic mass is 16.4. The molecule has 25 heavy (non-hydrogen) atoms. The molecule has 1 fully saturated rings. The maximum absolute atomic E-state index is 12.8. The molecule has 5 nitrogen and oxygen atoms in total. The highest BCUT2D eigenvalue weighted by molar-refractivity contribution is 6.27. The first kappa shape index (κ1) is 21.5. The van der Waals surface area contributed by atoms with E-state index in [1.54, 1.807) is 26.0 Å². The molecule has 1 aliphatic carbocycles. The lowest BCUT2D eigenvalue weighted by Crippen LogP contribution is -2.52. The van der Waals surface area contributed by atoms with Gasteiger partial charge in [0.1, 0.15) is 5.92 Å². The van der Waals surface area contributed by atoms with E-state index in [1.807, 2.05) is 27.7 Å². The maximum atomic E-state index is 12.8. The van der Waals surface area contributed by atoms with E-state index in [0.717, 1.165) is 11.1 Å². The molecule has 1 saturated carbocycles. The number of hydrogen-bond acceptors (Lipinski definition) is 5. The van der Waals surface area contributed by atoms with Gasteiger partial charge in [0.15, 0.2) is 23.0 Å². The lowest BCUT2D eigenvalue weighted by atomic mass is 9.80. The highest BCUT2D eigenvalue weighted by Gasteiger charge is 2.63. The van der Waals surface area contributed by atoms with Crippen LogP contribution in [0.2, 0.25) is 0 Å². The number of allylic oxidation sites excluding steroid dienone is 3. The van der Waals surface area contributed by atoms with Crippen LogP contribution in [0.15, 0.2) is 23.3 Å². The Balaban J connectivity index is 3.34. The number of hydrogen-bond donors (Lipinski definition) is 2. The van der Waals surface area contributed by atoms with Gasteiger partial charge in [-0.1, -0.05) is 37.1 Å². The van der Waals surface area contributed by atoms with Crippen molar-refractivity contribution < 1.29 is 24.6 Å². The van der Waals surface area contributed by atoms with Crippen LogP contribution in [-0.2, 0) is 14.4 Å². The first-order valence-corrected chi connectivity index (χ1v) is 8.73. The van der Waals surface area contributed by atoms with Gasteiger partial charge in [-0.05, 0) is 40.5 Å². The van der Waals surface area contributed by atoms with E-state index in [9.17, 15) is 24.6 Å². The molecule has 1 aliphatic rings.